The van der Waals surface area contributed by atoms with Gasteiger partial charge in [0.15, 0.2) is 0 Å². The van der Waals surface area contributed by atoms with Crippen molar-refractivity contribution in [3.63, 3.8) is 0 Å². The zero-order valence-electron chi connectivity index (χ0n) is 9.30. The normalized spacial score (nSPS) is 34.9. The van der Waals surface area contributed by atoms with Crippen LogP contribution in [0.25, 0.3) is 0 Å². The van der Waals surface area contributed by atoms with Gasteiger partial charge in [0.2, 0.25) is 0 Å². The highest BCUT2D eigenvalue weighted by molar-refractivity contribution is 5.15. The maximum atomic E-state index is 2.63. The standard InChI is InChI=1S/C12H21N/c1-9-5-10-7-13(12(2,3)4)8-11(10)6-9/h5,10-11H,6-8H2,1-4H3. The van der Waals surface area contributed by atoms with Gasteiger partial charge in [0, 0.05) is 18.6 Å². The summed E-state index contributed by atoms with van der Waals surface area (Å²) in [6, 6.07) is 0. The van der Waals surface area contributed by atoms with Gasteiger partial charge in [-0.15, -0.1) is 0 Å². The quantitative estimate of drug-likeness (QED) is 0.517. The third-order valence-electron chi connectivity index (χ3n) is 3.52. The lowest BCUT2D eigenvalue weighted by Crippen LogP contribution is -2.39. The third-order valence-corrected chi connectivity index (χ3v) is 3.52. The Hall–Kier alpha value is -0.300. The summed E-state index contributed by atoms with van der Waals surface area (Å²) in [6.45, 7) is 11.8. The molecule has 0 radical (unpaired) electrons. The molecule has 1 fully saturated rings. The highest BCUT2D eigenvalue weighted by Crippen LogP contribution is 2.38. The van der Waals surface area contributed by atoms with Crippen molar-refractivity contribution in [2.75, 3.05) is 13.1 Å². The molecule has 2 atom stereocenters. The van der Waals surface area contributed by atoms with Gasteiger partial charge in [-0.2, -0.15) is 0 Å². The number of likely N-dealkylation sites (tertiary alicyclic amines) is 1. The lowest BCUT2D eigenvalue weighted by atomic mass is 10.00. The second-order valence-electron chi connectivity index (χ2n) is 5.72. The largest absolute Gasteiger partial charge is 0.298 e. The van der Waals surface area contributed by atoms with Crippen molar-refractivity contribution in [1.29, 1.82) is 0 Å². The third kappa shape index (κ3) is 1.67. The van der Waals surface area contributed by atoms with Gasteiger partial charge in [-0.05, 0) is 46.0 Å². The lowest BCUT2D eigenvalue weighted by Gasteiger charge is -2.32. The molecule has 0 aromatic carbocycles. The summed E-state index contributed by atoms with van der Waals surface area (Å²) in [7, 11) is 0. The first-order chi connectivity index (χ1) is 5.97. The van der Waals surface area contributed by atoms with E-state index in [-0.39, 0.29) is 0 Å². The predicted octanol–water partition coefficient (Wildman–Crippen LogP) is 2.68. The van der Waals surface area contributed by atoms with E-state index < -0.39 is 0 Å². The monoisotopic (exact) mass is 179 g/mol. The Balaban J connectivity index is 2.04. The van der Waals surface area contributed by atoms with Crippen LogP contribution in [0.5, 0.6) is 0 Å². The molecule has 13 heavy (non-hydrogen) atoms. The second kappa shape index (κ2) is 2.84. The Morgan fingerprint density at radius 1 is 1.31 bits per heavy atom. The topological polar surface area (TPSA) is 3.24 Å². The fourth-order valence-electron chi connectivity index (χ4n) is 2.70. The maximum Gasteiger partial charge on any atom is 0.0125 e. The second-order valence-corrected chi connectivity index (χ2v) is 5.72. The highest BCUT2D eigenvalue weighted by atomic mass is 15.2. The number of allylic oxidation sites excluding steroid dienone is 1. The minimum atomic E-state index is 0.367. The van der Waals surface area contributed by atoms with E-state index in [0.29, 0.717) is 5.54 Å². The Kier molecular flexibility index (Phi) is 2.03. The molecule has 1 aliphatic carbocycles. The fraction of sp³-hybridized carbons (Fsp3) is 0.833. The molecule has 0 aromatic rings. The SMILES string of the molecule is CC1=CC2CN(C(C)(C)C)CC2C1. The van der Waals surface area contributed by atoms with Crippen LogP contribution >= 0.6 is 0 Å². The summed E-state index contributed by atoms with van der Waals surface area (Å²) in [4.78, 5) is 2.63. The molecule has 0 aromatic heterocycles. The Labute approximate surface area is 81.8 Å². The molecule has 1 heteroatoms. The van der Waals surface area contributed by atoms with Crippen molar-refractivity contribution in [3.8, 4) is 0 Å². The first-order valence-electron chi connectivity index (χ1n) is 5.39. The molecule has 74 valence electrons. The first kappa shape index (κ1) is 9.26. The molecular formula is C12H21N. The van der Waals surface area contributed by atoms with Gasteiger partial charge in [0.1, 0.15) is 0 Å². The van der Waals surface area contributed by atoms with E-state index in [1.54, 1.807) is 5.57 Å². The predicted molar refractivity (Wildman–Crippen MR) is 56.7 cm³/mol. The molecule has 0 amide bonds. The van der Waals surface area contributed by atoms with Crippen LogP contribution in [-0.4, -0.2) is 23.5 Å². The van der Waals surface area contributed by atoms with Crippen LogP contribution in [0.2, 0.25) is 0 Å². The zero-order valence-corrected chi connectivity index (χ0v) is 9.30. The minimum Gasteiger partial charge on any atom is -0.298 e. The van der Waals surface area contributed by atoms with Crippen LogP contribution < -0.4 is 0 Å². The number of rotatable bonds is 0. The van der Waals surface area contributed by atoms with Crippen molar-refractivity contribution < 1.29 is 0 Å². The highest BCUT2D eigenvalue weighted by Gasteiger charge is 2.38. The average Bonchev–Trinajstić information content (AvgIpc) is 2.40. The number of nitrogens with zero attached hydrogens (tertiary/aromatic N) is 1. The molecule has 1 saturated heterocycles. The van der Waals surface area contributed by atoms with E-state index in [0.717, 1.165) is 11.8 Å². The van der Waals surface area contributed by atoms with Crippen LogP contribution in [0.4, 0.5) is 0 Å². The van der Waals surface area contributed by atoms with Crippen LogP contribution in [0.3, 0.4) is 0 Å². The average molecular weight is 179 g/mol. The maximum absolute atomic E-state index is 2.63. The molecule has 1 nitrogen and oxygen atoms in total. The molecular weight excluding hydrogens is 158 g/mol. The Bertz CT molecular complexity index is 234. The van der Waals surface area contributed by atoms with Crippen molar-refractivity contribution >= 4 is 0 Å². The molecule has 2 unspecified atom stereocenters. The van der Waals surface area contributed by atoms with Crippen molar-refractivity contribution in [3.05, 3.63) is 11.6 Å². The molecule has 2 aliphatic rings. The van der Waals surface area contributed by atoms with E-state index in [2.05, 4.69) is 38.7 Å². The van der Waals surface area contributed by atoms with Crippen molar-refractivity contribution in [2.45, 2.75) is 39.7 Å². The molecule has 1 aliphatic heterocycles. The van der Waals surface area contributed by atoms with Crippen LogP contribution in [0.15, 0.2) is 11.6 Å². The number of fused-ring (bicyclic) bond motifs is 1. The molecule has 0 spiro atoms. The zero-order chi connectivity index (χ0) is 9.64. The Morgan fingerprint density at radius 3 is 2.54 bits per heavy atom. The van der Waals surface area contributed by atoms with E-state index in [1.807, 2.05) is 0 Å². The summed E-state index contributed by atoms with van der Waals surface area (Å²) in [5, 5.41) is 0. The van der Waals surface area contributed by atoms with E-state index in [1.165, 1.54) is 19.5 Å². The molecule has 0 bridgehead atoms. The smallest absolute Gasteiger partial charge is 0.0125 e. The summed E-state index contributed by atoms with van der Waals surface area (Å²) >= 11 is 0. The molecule has 2 rings (SSSR count). The fourth-order valence-corrected chi connectivity index (χ4v) is 2.70. The molecule has 1 heterocycles. The summed E-state index contributed by atoms with van der Waals surface area (Å²) in [5.74, 6) is 1.79. The molecule has 0 N–H and O–H groups in total. The van der Waals surface area contributed by atoms with Gasteiger partial charge in [-0.25, -0.2) is 0 Å². The molecule has 0 saturated carbocycles. The van der Waals surface area contributed by atoms with Gasteiger partial charge in [0.25, 0.3) is 0 Å². The first-order valence-corrected chi connectivity index (χ1v) is 5.39. The lowest BCUT2D eigenvalue weighted by molar-refractivity contribution is 0.165. The van der Waals surface area contributed by atoms with Gasteiger partial charge < -0.3 is 0 Å². The Morgan fingerprint density at radius 2 is 2.00 bits per heavy atom. The van der Waals surface area contributed by atoms with E-state index in [4.69, 9.17) is 0 Å². The van der Waals surface area contributed by atoms with Gasteiger partial charge in [0.05, 0.1) is 0 Å². The van der Waals surface area contributed by atoms with Crippen molar-refractivity contribution in [2.24, 2.45) is 11.8 Å². The van der Waals surface area contributed by atoms with Gasteiger partial charge in [-0.1, -0.05) is 11.6 Å². The summed E-state index contributed by atoms with van der Waals surface area (Å²) in [5.41, 5.74) is 1.98. The van der Waals surface area contributed by atoms with Crippen molar-refractivity contribution in [1.82, 2.24) is 4.90 Å². The van der Waals surface area contributed by atoms with Gasteiger partial charge >= 0.3 is 0 Å². The number of hydrogen-bond acceptors (Lipinski definition) is 1. The summed E-state index contributed by atoms with van der Waals surface area (Å²) < 4.78 is 0. The summed E-state index contributed by atoms with van der Waals surface area (Å²) in [6.07, 6.45) is 3.84. The van der Waals surface area contributed by atoms with Crippen LogP contribution in [-0.2, 0) is 0 Å². The van der Waals surface area contributed by atoms with Gasteiger partial charge in [-0.3, -0.25) is 4.90 Å². The number of hydrogen-bond donors (Lipinski definition) is 0. The van der Waals surface area contributed by atoms with Crippen LogP contribution in [0, 0.1) is 11.8 Å². The minimum absolute atomic E-state index is 0.367. The van der Waals surface area contributed by atoms with E-state index in [9.17, 15) is 0 Å². The van der Waals surface area contributed by atoms with E-state index >= 15 is 0 Å². The van der Waals surface area contributed by atoms with Crippen LogP contribution in [0.1, 0.15) is 34.1 Å².